The van der Waals surface area contributed by atoms with Crippen LogP contribution >= 0.6 is 0 Å². The second-order valence-corrected chi connectivity index (χ2v) is 8.81. The van der Waals surface area contributed by atoms with Gasteiger partial charge in [-0.25, -0.2) is 9.37 Å². The number of hydrogen-bond acceptors (Lipinski definition) is 4. The van der Waals surface area contributed by atoms with E-state index in [-0.39, 0.29) is 24.0 Å². The molecule has 1 spiro atoms. The van der Waals surface area contributed by atoms with E-state index in [1.54, 1.807) is 19.1 Å². The third-order valence-corrected chi connectivity index (χ3v) is 7.02. The van der Waals surface area contributed by atoms with Crippen molar-refractivity contribution in [3.8, 4) is 12.3 Å². The fourth-order valence-electron chi connectivity index (χ4n) is 5.16. The number of anilines is 1. The lowest BCUT2D eigenvalue weighted by Gasteiger charge is -2.38. The quantitative estimate of drug-likeness (QED) is 0.693. The normalized spacial score (nSPS) is 24.5. The summed E-state index contributed by atoms with van der Waals surface area (Å²) in [5.74, 6) is 3.34. The van der Waals surface area contributed by atoms with Crippen molar-refractivity contribution in [1.29, 1.82) is 0 Å². The van der Waals surface area contributed by atoms with Crippen molar-refractivity contribution in [3.05, 3.63) is 58.5 Å². The van der Waals surface area contributed by atoms with Gasteiger partial charge in [0.1, 0.15) is 17.9 Å². The number of rotatable bonds is 2. The largest absolute Gasteiger partial charge is 0.356 e. The number of aromatic nitrogens is 1. The molecule has 0 unspecified atom stereocenters. The van der Waals surface area contributed by atoms with Gasteiger partial charge in [-0.3, -0.25) is 4.79 Å². The summed E-state index contributed by atoms with van der Waals surface area (Å²) in [5.41, 5.74) is 2.32. The Kier molecular flexibility index (Phi) is 4.75. The molecule has 160 valence electrons. The van der Waals surface area contributed by atoms with Crippen LogP contribution in [0.2, 0.25) is 0 Å². The van der Waals surface area contributed by atoms with E-state index in [0.29, 0.717) is 31.5 Å². The Morgan fingerprint density at radius 3 is 2.65 bits per heavy atom. The van der Waals surface area contributed by atoms with Crippen LogP contribution in [0.4, 0.5) is 10.2 Å². The first-order chi connectivity index (χ1) is 14.9. The number of aryl methyl sites for hydroxylation is 2. The molecule has 5 rings (SSSR count). The number of carbonyl (C=O) groups excluding carboxylic acids is 1. The highest BCUT2D eigenvalue weighted by molar-refractivity contribution is 5.88. The Morgan fingerprint density at radius 2 is 1.97 bits per heavy atom. The molecule has 4 heterocycles. The molecule has 2 aromatic rings. The zero-order valence-electron chi connectivity index (χ0n) is 17.9. The van der Waals surface area contributed by atoms with Crippen molar-refractivity contribution < 1.29 is 13.9 Å². The maximum absolute atomic E-state index is 14.1. The fourth-order valence-corrected chi connectivity index (χ4v) is 5.16. The maximum Gasteiger partial charge on any atom is 0.257 e. The molecule has 3 aliphatic heterocycles. The van der Waals surface area contributed by atoms with Gasteiger partial charge in [0.05, 0.1) is 11.7 Å². The summed E-state index contributed by atoms with van der Waals surface area (Å²) >= 11 is 0. The minimum absolute atomic E-state index is 0.0486. The number of fused-ring (bicyclic) bond motifs is 1. The van der Waals surface area contributed by atoms with E-state index in [1.807, 2.05) is 30.0 Å². The van der Waals surface area contributed by atoms with Gasteiger partial charge >= 0.3 is 0 Å². The van der Waals surface area contributed by atoms with Gasteiger partial charge in [-0.05, 0) is 56.0 Å². The second kappa shape index (κ2) is 7.35. The highest BCUT2D eigenvalue weighted by Crippen LogP contribution is 2.48. The zero-order chi connectivity index (χ0) is 21.8. The lowest BCUT2D eigenvalue weighted by molar-refractivity contribution is -0.140. The average Bonchev–Trinajstić information content (AvgIpc) is 3.29. The zero-order valence-corrected chi connectivity index (χ0v) is 17.9. The first-order valence-corrected chi connectivity index (χ1v) is 10.9. The van der Waals surface area contributed by atoms with E-state index in [2.05, 4.69) is 15.8 Å². The van der Waals surface area contributed by atoms with Crippen LogP contribution in [0, 0.1) is 32.0 Å². The summed E-state index contributed by atoms with van der Waals surface area (Å²) in [5, 5.41) is 0. The van der Waals surface area contributed by atoms with Crippen molar-refractivity contribution in [2.24, 2.45) is 0 Å². The summed E-state index contributed by atoms with van der Waals surface area (Å²) in [6.07, 6.45) is 8.10. The number of nitrogens with zero attached hydrogens (tertiary/aromatic N) is 3. The minimum atomic E-state index is -0.781. The fraction of sp³-hybridized carbons (Fsp3) is 0.440. The van der Waals surface area contributed by atoms with Gasteiger partial charge in [0, 0.05) is 31.5 Å². The molecule has 5 nitrogen and oxygen atoms in total. The molecule has 3 saturated heterocycles. The molecular formula is C25H26FN3O2. The molecule has 6 heteroatoms. The molecule has 31 heavy (non-hydrogen) atoms. The molecule has 0 aliphatic carbocycles. The standard InChI is InChI=1S/C25H26FN3O2/c1-4-18-7-9-22(27-17(18)3)28-13-11-25(12-14-28)24(30)29-21(8-10-23(29)31-25)19-6-5-16(2)20(26)15-19/h1,5-7,9,15,21,23H,8,10-14H2,2-3H3/t21-,23+/m0/s1. The second-order valence-electron chi connectivity index (χ2n) is 8.81. The number of benzene rings is 1. The van der Waals surface area contributed by atoms with Crippen molar-refractivity contribution in [2.75, 3.05) is 18.0 Å². The van der Waals surface area contributed by atoms with Gasteiger partial charge in [0.25, 0.3) is 5.91 Å². The Labute approximate surface area is 182 Å². The summed E-state index contributed by atoms with van der Waals surface area (Å²) in [7, 11) is 0. The van der Waals surface area contributed by atoms with Crippen LogP contribution in [-0.4, -0.2) is 40.7 Å². The Bertz CT molecular complexity index is 1080. The minimum Gasteiger partial charge on any atom is -0.356 e. The van der Waals surface area contributed by atoms with Crippen LogP contribution in [0.3, 0.4) is 0 Å². The number of pyridine rings is 1. The summed E-state index contributed by atoms with van der Waals surface area (Å²) < 4.78 is 20.5. The Balaban J connectivity index is 1.33. The molecule has 3 fully saturated rings. The third kappa shape index (κ3) is 3.19. The number of halogens is 1. The molecule has 0 radical (unpaired) electrons. The van der Waals surface area contributed by atoms with Gasteiger partial charge in [-0.1, -0.05) is 18.1 Å². The van der Waals surface area contributed by atoms with Crippen molar-refractivity contribution in [1.82, 2.24) is 9.88 Å². The van der Waals surface area contributed by atoms with Crippen LogP contribution < -0.4 is 4.90 Å². The van der Waals surface area contributed by atoms with Crippen molar-refractivity contribution in [3.63, 3.8) is 0 Å². The van der Waals surface area contributed by atoms with E-state index in [0.717, 1.165) is 35.5 Å². The highest BCUT2D eigenvalue weighted by Gasteiger charge is 2.58. The first kappa shape index (κ1) is 20.0. The third-order valence-electron chi connectivity index (χ3n) is 7.02. The summed E-state index contributed by atoms with van der Waals surface area (Å²) in [6, 6.07) is 9.02. The van der Waals surface area contributed by atoms with Crippen molar-refractivity contribution >= 4 is 11.7 Å². The predicted octanol–water partition coefficient (Wildman–Crippen LogP) is 3.88. The molecule has 1 amide bonds. The molecule has 3 aliphatic rings. The number of carbonyl (C=O) groups is 1. The SMILES string of the molecule is C#Cc1ccc(N2CCC3(CC2)O[C@@H]2CC[C@@H](c4ccc(C)c(F)c4)N2C3=O)nc1C. The average molecular weight is 420 g/mol. The van der Waals surface area contributed by atoms with Crippen LogP contribution in [-0.2, 0) is 9.53 Å². The number of terminal acetylenes is 1. The maximum atomic E-state index is 14.1. The lowest BCUT2D eigenvalue weighted by Crippen LogP contribution is -2.50. The Morgan fingerprint density at radius 1 is 1.19 bits per heavy atom. The van der Waals surface area contributed by atoms with Crippen LogP contribution in [0.5, 0.6) is 0 Å². The van der Waals surface area contributed by atoms with Gasteiger partial charge in [0.15, 0.2) is 5.60 Å². The molecule has 0 saturated carbocycles. The molecule has 0 N–H and O–H groups in total. The van der Waals surface area contributed by atoms with E-state index in [9.17, 15) is 9.18 Å². The van der Waals surface area contributed by atoms with Gasteiger partial charge in [-0.2, -0.15) is 0 Å². The number of ether oxygens (including phenoxy) is 1. The lowest BCUT2D eigenvalue weighted by atomic mass is 9.89. The number of piperidine rings is 1. The van der Waals surface area contributed by atoms with E-state index >= 15 is 0 Å². The first-order valence-electron chi connectivity index (χ1n) is 10.9. The molecular weight excluding hydrogens is 393 g/mol. The van der Waals surface area contributed by atoms with E-state index in [1.165, 1.54) is 0 Å². The van der Waals surface area contributed by atoms with Crippen molar-refractivity contribution in [2.45, 2.75) is 57.4 Å². The predicted molar refractivity (Wildman–Crippen MR) is 116 cm³/mol. The van der Waals surface area contributed by atoms with Crippen LogP contribution in [0.15, 0.2) is 30.3 Å². The number of amides is 1. The van der Waals surface area contributed by atoms with Crippen LogP contribution in [0.25, 0.3) is 0 Å². The molecule has 0 bridgehead atoms. The summed E-state index contributed by atoms with van der Waals surface area (Å²) in [4.78, 5) is 22.2. The molecule has 1 aromatic carbocycles. The van der Waals surface area contributed by atoms with Gasteiger partial charge in [-0.15, -0.1) is 6.42 Å². The van der Waals surface area contributed by atoms with E-state index in [4.69, 9.17) is 11.2 Å². The molecule has 1 aromatic heterocycles. The van der Waals surface area contributed by atoms with Crippen LogP contribution in [0.1, 0.15) is 54.1 Å². The van der Waals surface area contributed by atoms with Gasteiger partial charge < -0.3 is 14.5 Å². The van der Waals surface area contributed by atoms with Gasteiger partial charge in [0.2, 0.25) is 0 Å². The van der Waals surface area contributed by atoms with E-state index < -0.39 is 5.60 Å². The highest BCUT2D eigenvalue weighted by atomic mass is 19.1. The Hall–Kier alpha value is -2.91. The monoisotopic (exact) mass is 419 g/mol. The summed E-state index contributed by atoms with van der Waals surface area (Å²) in [6.45, 7) is 5.05. The number of hydrogen-bond donors (Lipinski definition) is 0. The topological polar surface area (TPSA) is 45.7 Å². The smallest absolute Gasteiger partial charge is 0.257 e. The molecule has 2 atom stereocenters.